The van der Waals surface area contributed by atoms with E-state index in [9.17, 15) is 0 Å². The average molecular weight is 200 g/mol. The van der Waals surface area contributed by atoms with Crippen LogP contribution in [0.2, 0.25) is 0 Å². The minimum atomic E-state index is -0.371. The molecule has 0 aromatic heterocycles. The van der Waals surface area contributed by atoms with Crippen LogP contribution in [0.1, 0.15) is 45.4 Å². The van der Waals surface area contributed by atoms with Gasteiger partial charge in [0, 0.05) is 6.04 Å². The molecule has 1 fully saturated rings. The summed E-state index contributed by atoms with van der Waals surface area (Å²) in [5.74, 6) is 0. The third-order valence-corrected chi connectivity index (χ3v) is 2.83. The van der Waals surface area contributed by atoms with Gasteiger partial charge in [0.2, 0.25) is 0 Å². The van der Waals surface area contributed by atoms with Crippen LogP contribution in [-0.4, -0.2) is 30.5 Å². The molecule has 0 aromatic rings. The molecule has 1 atom stereocenters. The summed E-state index contributed by atoms with van der Waals surface area (Å²) in [7, 11) is 0. The van der Waals surface area contributed by atoms with Crippen molar-refractivity contribution in [2.24, 2.45) is 0 Å². The molecule has 0 aliphatic heterocycles. The quantitative estimate of drug-likeness (QED) is 0.446. The van der Waals surface area contributed by atoms with Crippen LogP contribution in [0.5, 0.6) is 0 Å². The molecule has 0 spiro atoms. The SMILES string of the molecule is CC(O)NCCCNC1CCCCC1. The third-order valence-electron chi connectivity index (χ3n) is 2.83. The van der Waals surface area contributed by atoms with Crippen molar-refractivity contribution in [3.63, 3.8) is 0 Å². The number of aliphatic hydroxyl groups excluding tert-OH is 1. The fourth-order valence-corrected chi connectivity index (χ4v) is 2.01. The summed E-state index contributed by atoms with van der Waals surface area (Å²) in [6, 6.07) is 0.760. The summed E-state index contributed by atoms with van der Waals surface area (Å²) in [6.07, 6.45) is 7.63. The molecular weight excluding hydrogens is 176 g/mol. The first kappa shape index (κ1) is 12.0. The lowest BCUT2D eigenvalue weighted by Gasteiger charge is -2.22. The molecule has 0 radical (unpaired) electrons. The van der Waals surface area contributed by atoms with Crippen molar-refractivity contribution < 1.29 is 5.11 Å². The topological polar surface area (TPSA) is 44.3 Å². The van der Waals surface area contributed by atoms with Crippen LogP contribution in [0.15, 0.2) is 0 Å². The highest BCUT2D eigenvalue weighted by molar-refractivity contribution is 4.71. The second-order valence-corrected chi connectivity index (χ2v) is 4.27. The zero-order valence-corrected chi connectivity index (χ0v) is 9.26. The van der Waals surface area contributed by atoms with Gasteiger partial charge in [0.1, 0.15) is 6.23 Å². The molecule has 1 rings (SSSR count). The second-order valence-electron chi connectivity index (χ2n) is 4.27. The van der Waals surface area contributed by atoms with E-state index < -0.39 is 0 Å². The lowest BCUT2D eigenvalue weighted by atomic mass is 9.95. The molecule has 84 valence electrons. The Bertz CT molecular complexity index is 133. The molecule has 0 aromatic carbocycles. The predicted octanol–water partition coefficient (Wildman–Crippen LogP) is 1.23. The van der Waals surface area contributed by atoms with Gasteiger partial charge in [-0.05, 0) is 39.3 Å². The van der Waals surface area contributed by atoms with Crippen molar-refractivity contribution in [3.05, 3.63) is 0 Å². The standard InChI is InChI=1S/C11H24N2O/c1-10(14)12-8-5-9-13-11-6-3-2-4-7-11/h10-14H,2-9H2,1H3. The van der Waals surface area contributed by atoms with E-state index in [2.05, 4.69) is 10.6 Å². The van der Waals surface area contributed by atoms with E-state index in [1.165, 1.54) is 32.1 Å². The van der Waals surface area contributed by atoms with Crippen LogP contribution in [0, 0.1) is 0 Å². The van der Waals surface area contributed by atoms with Crippen molar-refractivity contribution in [2.45, 2.75) is 57.7 Å². The van der Waals surface area contributed by atoms with E-state index in [1.807, 2.05) is 0 Å². The Kier molecular flexibility index (Phi) is 6.15. The zero-order valence-electron chi connectivity index (χ0n) is 9.26. The van der Waals surface area contributed by atoms with Gasteiger partial charge < -0.3 is 10.4 Å². The van der Waals surface area contributed by atoms with E-state index in [0.717, 1.165) is 25.6 Å². The molecule has 1 aliphatic carbocycles. The summed E-state index contributed by atoms with van der Waals surface area (Å²) >= 11 is 0. The van der Waals surface area contributed by atoms with Crippen molar-refractivity contribution >= 4 is 0 Å². The van der Waals surface area contributed by atoms with Crippen LogP contribution >= 0.6 is 0 Å². The van der Waals surface area contributed by atoms with Crippen molar-refractivity contribution in [2.75, 3.05) is 13.1 Å². The van der Waals surface area contributed by atoms with Crippen LogP contribution in [-0.2, 0) is 0 Å². The predicted molar refractivity (Wildman–Crippen MR) is 59.2 cm³/mol. The molecular formula is C11H24N2O. The van der Waals surface area contributed by atoms with Crippen LogP contribution in [0.25, 0.3) is 0 Å². The first-order valence-electron chi connectivity index (χ1n) is 5.94. The Labute approximate surface area is 87.3 Å². The van der Waals surface area contributed by atoms with Gasteiger partial charge in [-0.25, -0.2) is 0 Å². The van der Waals surface area contributed by atoms with Gasteiger partial charge in [-0.2, -0.15) is 0 Å². The van der Waals surface area contributed by atoms with Crippen molar-refractivity contribution in [1.82, 2.24) is 10.6 Å². The highest BCUT2D eigenvalue weighted by Gasteiger charge is 2.11. The summed E-state index contributed by atoms with van der Waals surface area (Å²) < 4.78 is 0. The summed E-state index contributed by atoms with van der Waals surface area (Å²) in [5, 5.41) is 15.5. The zero-order chi connectivity index (χ0) is 10.2. The van der Waals surface area contributed by atoms with Gasteiger partial charge >= 0.3 is 0 Å². The molecule has 0 saturated heterocycles. The van der Waals surface area contributed by atoms with Crippen LogP contribution < -0.4 is 10.6 Å². The van der Waals surface area contributed by atoms with Crippen LogP contribution in [0.3, 0.4) is 0 Å². The third kappa shape index (κ3) is 5.58. The normalized spacial score (nSPS) is 21.0. The average Bonchev–Trinajstić information content (AvgIpc) is 2.18. The minimum absolute atomic E-state index is 0.371. The molecule has 3 N–H and O–H groups in total. The highest BCUT2D eigenvalue weighted by atomic mass is 16.3. The van der Waals surface area contributed by atoms with E-state index in [1.54, 1.807) is 6.92 Å². The number of rotatable bonds is 6. The fourth-order valence-electron chi connectivity index (χ4n) is 2.01. The molecule has 1 aliphatic rings. The number of aliphatic hydroxyl groups is 1. The largest absolute Gasteiger partial charge is 0.379 e. The summed E-state index contributed by atoms with van der Waals surface area (Å²) in [5.41, 5.74) is 0. The smallest absolute Gasteiger partial charge is 0.102 e. The summed E-state index contributed by atoms with van der Waals surface area (Å²) in [6.45, 7) is 3.73. The van der Waals surface area contributed by atoms with Gasteiger partial charge in [-0.15, -0.1) is 0 Å². The van der Waals surface area contributed by atoms with Crippen molar-refractivity contribution in [3.8, 4) is 0 Å². The van der Waals surface area contributed by atoms with E-state index in [-0.39, 0.29) is 6.23 Å². The Morgan fingerprint density at radius 3 is 2.57 bits per heavy atom. The molecule has 1 saturated carbocycles. The van der Waals surface area contributed by atoms with E-state index in [0.29, 0.717) is 0 Å². The van der Waals surface area contributed by atoms with Gasteiger partial charge in [-0.3, -0.25) is 5.32 Å². The molecule has 14 heavy (non-hydrogen) atoms. The number of hydrogen-bond acceptors (Lipinski definition) is 3. The number of nitrogens with one attached hydrogen (secondary N) is 2. The molecule has 0 amide bonds. The first-order valence-corrected chi connectivity index (χ1v) is 5.94. The Morgan fingerprint density at radius 1 is 1.21 bits per heavy atom. The first-order chi connectivity index (χ1) is 6.79. The maximum absolute atomic E-state index is 8.97. The highest BCUT2D eigenvalue weighted by Crippen LogP contribution is 2.16. The van der Waals surface area contributed by atoms with E-state index >= 15 is 0 Å². The van der Waals surface area contributed by atoms with Gasteiger partial charge in [0.15, 0.2) is 0 Å². The lowest BCUT2D eigenvalue weighted by molar-refractivity contribution is 0.156. The summed E-state index contributed by atoms with van der Waals surface area (Å²) in [4.78, 5) is 0. The second kappa shape index (κ2) is 7.21. The van der Waals surface area contributed by atoms with Gasteiger partial charge in [-0.1, -0.05) is 19.3 Å². The molecule has 0 heterocycles. The maximum atomic E-state index is 8.97. The monoisotopic (exact) mass is 200 g/mol. The van der Waals surface area contributed by atoms with Crippen LogP contribution in [0.4, 0.5) is 0 Å². The molecule has 3 nitrogen and oxygen atoms in total. The van der Waals surface area contributed by atoms with Gasteiger partial charge in [0.25, 0.3) is 0 Å². The molecule has 1 unspecified atom stereocenters. The maximum Gasteiger partial charge on any atom is 0.102 e. The Morgan fingerprint density at radius 2 is 1.93 bits per heavy atom. The van der Waals surface area contributed by atoms with E-state index in [4.69, 9.17) is 5.11 Å². The van der Waals surface area contributed by atoms with Crippen molar-refractivity contribution in [1.29, 1.82) is 0 Å². The molecule has 3 heteroatoms. The molecule has 0 bridgehead atoms. The Hall–Kier alpha value is -0.120. The lowest BCUT2D eigenvalue weighted by Crippen LogP contribution is -2.34. The van der Waals surface area contributed by atoms with Gasteiger partial charge in [0.05, 0.1) is 0 Å². The minimum Gasteiger partial charge on any atom is -0.379 e. The fraction of sp³-hybridized carbons (Fsp3) is 1.00. The Balaban J connectivity index is 1.87. The number of hydrogen-bond donors (Lipinski definition) is 3.